The van der Waals surface area contributed by atoms with Crippen molar-refractivity contribution < 1.29 is 14.7 Å². The molecule has 0 unspecified atom stereocenters. The number of aromatic nitrogens is 2. The molecule has 1 aliphatic rings. The Balaban J connectivity index is 1.91. The molecule has 1 N–H and O–H groups in total. The van der Waals surface area contributed by atoms with Crippen LogP contribution in [0.1, 0.15) is 54.1 Å². The first kappa shape index (κ1) is 21.9. The second kappa shape index (κ2) is 7.98. The number of hydrogen-bond donors (Lipinski definition) is 1. The third-order valence-corrected chi connectivity index (χ3v) is 6.42. The SMILES string of the molecule is Cc1ccc(C(O)=C2C(=O)C(=O)N(c3nnc(C)s3)[C@H]2c2ccc(C(C)(C)C)cc2)cc1. The molecule has 1 fully saturated rings. The van der Waals surface area contributed by atoms with E-state index in [1.54, 1.807) is 19.1 Å². The normalized spacial score (nSPS) is 18.4. The van der Waals surface area contributed by atoms with E-state index in [9.17, 15) is 14.7 Å². The van der Waals surface area contributed by atoms with Gasteiger partial charge in [0.2, 0.25) is 5.13 Å². The van der Waals surface area contributed by atoms with Gasteiger partial charge in [-0.15, -0.1) is 10.2 Å². The molecule has 7 heteroatoms. The van der Waals surface area contributed by atoms with Gasteiger partial charge in [-0.2, -0.15) is 0 Å². The largest absolute Gasteiger partial charge is 0.507 e. The van der Waals surface area contributed by atoms with Crippen molar-refractivity contribution in [2.75, 3.05) is 4.90 Å². The molecule has 1 aromatic heterocycles. The van der Waals surface area contributed by atoms with Crippen LogP contribution in [0.5, 0.6) is 0 Å². The summed E-state index contributed by atoms with van der Waals surface area (Å²) in [5.74, 6) is -1.66. The molecule has 6 nitrogen and oxygen atoms in total. The lowest BCUT2D eigenvalue weighted by molar-refractivity contribution is -0.132. The summed E-state index contributed by atoms with van der Waals surface area (Å²) in [5.41, 5.74) is 3.37. The van der Waals surface area contributed by atoms with Crippen molar-refractivity contribution in [2.45, 2.75) is 46.1 Å². The molecular formula is C25H25N3O3S. The summed E-state index contributed by atoms with van der Waals surface area (Å²) in [5, 5.41) is 20.3. The fraction of sp³-hybridized carbons (Fsp3) is 0.280. The molecule has 0 aliphatic carbocycles. The monoisotopic (exact) mass is 447 g/mol. The van der Waals surface area contributed by atoms with Gasteiger partial charge in [-0.25, -0.2) is 0 Å². The van der Waals surface area contributed by atoms with Crippen molar-refractivity contribution in [3.8, 4) is 0 Å². The zero-order valence-electron chi connectivity index (χ0n) is 18.7. The third-order valence-electron chi connectivity index (χ3n) is 5.58. The van der Waals surface area contributed by atoms with Crippen LogP contribution >= 0.6 is 11.3 Å². The molecule has 4 rings (SSSR count). The van der Waals surface area contributed by atoms with E-state index in [4.69, 9.17) is 0 Å². The Kier molecular flexibility index (Phi) is 5.46. The van der Waals surface area contributed by atoms with Crippen LogP contribution in [-0.2, 0) is 15.0 Å². The number of carbonyl (C=O) groups is 2. The maximum Gasteiger partial charge on any atom is 0.301 e. The zero-order valence-corrected chi connectivity index (χ0v) is 19.5. The van der Waals surface area contributed by atoms with E-state index in [1.165, 1.54) is 16.2 Å². The number of amides is 1. The van der Waals surface area contributed by atoms with Gasteiger partial charge in [-0.3, -0.25) is 14.5 Å². The lowest BCUT2D eigenvalue weighted by Crippen LogP contribution is -2.29. The van der Waals surface area contributed by atoms with Crippen molar-refractivity contribution in [3.63, 3.8) is 0 Å². The number of Topliss-reactive ketones (excluding diaryl/α,β-unsaturated/α-hetero) is 1. The average Bonchev–Trinajstić information content (AvgIpc) is 3.28. The van der Waals surface area contributed by atoms with Gasteiger partial charge >= 0.3 is 5.91 Å². The Morgan fingerprint density at radius 1 is 0.969 bits per heavy atom. The molecule has 0 spiro atoms. The fourth-order valence-corrected chi connectivity index (χ4v) is 4.48. The Bertz CT molecular complexity index is 1220. The minimum atomic E-state index is -0.794. The lowest BCUT2D eigenvalue weighted by atomic mass is 9.85. The summed E-state index contributed by atoms with van der Waals surface area (Å²) in [6, 6.07) is 14.2. The highest BCUT2D eigenvalue weighted by molar-refractivity contribution is 7.15. The minimum Gasteiger partial charge on any atom is -0.507 e. The molecule has 164 valence electrons. The van der Waals surface area contributed by atoms with Crippen LogP contribution in [0.2, 0.25) is 0 Å². The number of anilines is 1. The number of benzene rings is 2. The van der Waals surface area contributed by atoms with Crippen molar-refractivity contribution >= 4 is 33.9 Å². The van der Waals surface area contributed by atoms with Crippen LogP contribution in [0.4, 0.5) is 5.13 Å². The van der Waals surface area contributed by atoms with Gasteiger partial charge in [-0.1, -0.05) is 86.2 Å². The number of rotatable bonds is 3. The smallest absolute Gasteiger partial charge is 0.301 e. The number of hydrogen-bond acceptors (Lipinski definition) is 6. The molecule has 2 heterocycles. The van der Waals surface area contributed by atoms with Gasteiger partial charge in [0.05, 0.1) is 11.6 Å². The Morgan fingerprint density at radius 3 is 2.12 bits per heavy atom. The van der Waals surface area contributed by atoms with Gasteiger partial charge in [-0.05, 0) is 30.4 Å². The number of nitrogens with zero attached hydrogens (tertiary/aromatic N) is 3. The molecule has 0 bridgehead atoms. The Labute approximate surface area is 191 Å². The molecule has 2 aromatic carbocycles. The standard InChI is InChI=1S/C25H25N3O3S/c1-14-6-8-17(9-7-14)21(29)19-20(16-10-12-18(13-11-16)25(3,4)5)28(23(31)22(19)30)24-27-26-15(2)32-24/h6-13,20,29H,1-5H3/t20-/m0/s1. The number of ketones is 1. The summed E-state index contributed by atoms with van der Waals surface area (Å²) >= 11 is 1.23. The summed E-state index contributed by atoms with van der Waals surface area (Å²) in [7, 11) is 0. The predicted octanol–water partition coefficient (Wildman–Crippen LogP) is 5.08. The highest BCUT2D eigenvalue weighted by Crippen LogP contribution is 2.43. The van der Waals surface area contributed by atoms with Gasteiger partial charge < -0.3 is 5.11 Å². The van der Waals surface area contributed by atoms with Gasteiger partial charge in [0.15, 0.2) is 0 Å². The van der Waals surface area contributed by atoms with E-state index >= 15 is 0 Å². The van der Waals surface area contributed by atoms with Crippen molar-refractivity contribution in [2.24, 2.45) is 0 Å². The summed E-state index contributed by atoms with van der Waals surface area (Å²) in [6.07, 6.45) is 0. The molecule has 32 heavy (non-hydrogen) atoms. The summed E-state index contributed by atoms with van der Waals surface area (Å²) in [4.78, 5) is 27.6. The third kappa shape index (κ3) is 3.84. The highest BCUT2D eigenvalue weighted by Gasteiger charge is 2.48. The molecule has 1 amide bonds. The quantitative estimate of drug-likeness (QED) is 0.344. The molecule has 0 radical (unpaired) electrons. The molecule has 0 saturated carbocycles. The number of aliphatic hydroxyl groups is 1. The molecular weight excluding hydrogens is 422 g/mol. The second-order valence-electron chi connectivity index (χ2n) is 9.01. The summed E-state index contributed by atoms with van der Waals surface area (Å²) in [6.45, 7) is 10.1. The number of aryl methyl sites for hydroxylation is 2. The van der Waals surface area contributed by atoms with E-state index in [0.717, 1.165) is 16.7 Å². The van der Waals surface area contributed by atoms with Crippen molar-refractivity contribution in [1.82, 2.24) is 10.2 Å². The Hall–Kier alpha value is -3.32. The maximum atomic E-state index is 13.1. The van der Waals surface area contributed by atoms with Crippen LogP contribution in [0.15, 0.2) is 54.1 Å². The van der Waals surface area contributed by atoms with Gasteiger partial charge in [0.1, 0.15) is 10.8 Å². The maximum absolute atomic E-state index is 13.1. The fourth-order valence-electron chi connectivity index (χ4n) is 3.76. The van der Waals surface area contributed by atoms with Crippen LogP contribution in [-0.4, -0.2) is 27.0 Å². The average molecular weight is 448 g/mol. The Morgan fingerprint density at radius 2 is 1.59 bits per heavy atom. The molecule has 1 atom stereocenters. The van der Waals surface area contributed by atoms with E-state index in [2.05, 4.69) is 31.0 Å². The van der Waals surface area contributed by atoms with Crippen LogP contribution < -0.4 is 4.90 Å². The first-order valence-corrected chi connectivity index (χ1v) is 11.2. The minimum absolute atomic E-state index is 0.0431. The van der Waals surface area contributed by atoms with E-state index in [-0.39, 0.29) is 16.7 Å². The second-order valence-corrected chi connectivity index (χ2v) is 10.2. The predicted molar refractivity (Wildman–Crippen MR) is 126 cm³/mol. The highest BCUT2D eigenvalue weighted by atomic mass is 32.1. The van der Waals surface area contributed by atoms with Crippen LogP contribution in [0.25, 0.3) is 5.76 Å². The van der Waals surface area contributed by atoms with Crippen molar-refractivity contribution in [3.05, 3.63) is 81.4 Å². The summed E-state index contributed by atoms with van der Waals surface area (Å²) < 4.78 is 0. The number of carbonyl (C=O) groups excluding carboxylic acids is 2. The van der Waals surface area contributed by atoms with E-state index < -0.39 is 17.7 Å². The van der Waals surface area contributed by atoms with E-state index in [1.807, 2.05) is 43.3 Å². The molecule has 1 saturated heterocycles. The number of aliphatic hydroxyl groups excluding tert-OH is 1. The van der Waals surface area contributed by atoms with Gasteiger partial charge in [0, 0.05) is 5.56 Å². The lowest BCUT2D eigenvalue weighted by Gasteiger charge is -2.24. The molecule has 1 aliphatic heterocycles. The topological polar surface area (TPSA) is 83.4 Å². The van der Waals surface area contributed by atoms with E-state index in [0.29, 0.717) is 15.7 Å². The first-order valence-electron chi connectivity index (χ1n) is 10.4. The van der Waals surface area contributed by atoms with Crippen molar-refractivity contribution in [1.29, 1.82) is 0 Å². The van der Waals surface area contributed by atoms with Gasteiger partial charge in [0.25, 0.3) is 5.78 Å². The first-order chi connectivity index (χ1) is 15.1. The van der Waals surface area contributed by atoms with Crippen LogP contribution in [0, 0.1) is 13.8 Å². The molecule has 3 aromatic rings. The van der Waals surface area contributed by atoms with Crippen LogP contribution in [0.3, 0.4) is 0 Å². The zero-order chi connectivity index (χ0) is 23.2.